The Hall–Kier alpha value is -0.580. The van der Waals surface area contributed by atoms with E-state index in [9.17, 15) is 4.79 Å². The molecule has 0 fully saturated rings. The Morgan fingerprint density at radius 2 is 2.13 bits per heavy atom. The molecule has 0 rings (SSSR count). The Bertz CT molecular complexity index is 186. The van der Waals surface area contributed by atoms with Crippen LogP contribution in [0.4, 0.5) is 0 Å². The maximum Gasteiger partial charge on any atom is 0.365 e. The highest BCUT2D eigenvalue weighted by Crippen LogP contribution is 2.02. The normalized spacial score (nSPS) is 11.7. The summed E-state index contributed by atoms with van der Waals surface area (Å²) in [6, 6.07) is 0.508. The first-order valence-electron chi connectivity index (χ1n) is 4.70. The number of hydrogen-bond acceptors (Lipinski definition) is 4. The summed E-state index contributed by atoms with van der Waals surface area (Å²) in [7, 11) is 4.06. The van der Waals surface area contributed by atoms with Crippen LogP contribution in [0.3, 0.4) is 0 Å². The van der Waals surface area contributed by atoms with E-state index in [0.717, 1.165) is 18.9 Å². The Balaban J connectivity index is 0. The first-order valence-corrected chi connectivity index (χ1v) is 4.70. The lowest BCUT2D eigenvalue weighted by Crippen LogP contribution is -2.24. The molecular weight excluding hydrogens is 218 g/mol. The predicted molar refractivity (Wildman–Crippen MR) is 61.9 cm³/mol. The molecular formula is C10H20ClNO3. The molecule has 0 saturated carbocycles. The van der Waals surface area contributed by atoms with Crippen LogP contribution in [0.1, 0.15) is 19.8 Å². The lowest BCUT2D eigenvalue weighted by molar-refractivity contribution is -0.267. The number of nitrogens with zero attached hydrogens (tertiary/aromatic N) is 1. The molecule has 0 radical (unpaired) electrons. The van der Waals surface area contributed by atoms with E-state index in [4.69, 9.17) is 0 Å². The number of hydrogen-bond donors (Lipinski definition) is 0. The van der Waals surface area contributed by atoms with E-state index in [1.807, 2.05) is 14.1 Å². The first kappa shape index (κ1) is 16.8. The van der Waals surface area contributed by atoms with E-state index in [0.29, 0.717) is 12.6 Å². The largest absolute Gasteiger partial charge is 0.365 e. The minimum absolute atomic E-state index is 0. The SMILES string of the molecule is C=CC(=O)OOCCCC(C)N(C)C.Cl. The third kappa shape index (κ3) is 9.72. The van der Waals surface area contributed by atoms with Crippen LogP contribution in [0, 0.1) is 0 Å². The van der Waals surface area contributed by atoms with Crippen LogP contribution in [0.15, 0.2) is 12.7 Å². The Labute approximate surface area is 97.6 Å². The monoisotopic (exact) mass is 237 g/mol. The van der Waals surface area contributed by atoms with Crippen molar-refractivity contribution in [2.75, 3.05) is 20.7 Å². The summed E-state index contributed by atoms with van der Waals surface area (Å²) in [6.45, 7) is 5.81. The van der Waals surface area contributed by atoms with Gasteiger partial charge in [0.15, 0.2) is 0 Å². The first-order chi connectivity index (χ1) is 6.57. The molecule has 1 unspecified atom stereocenters. The van der Waals surface area contributed by atoms with Crippen molar-refractivity contribution in [3.05, 3.63) is 12.7 Å². The summed E-state index contributed by atoms with van der Waals surface area (Å²) in [4.78, 5) is 21.7. The third-order valence-corrected chi connectivity index (χ3v) is 2.04. The van der Waals surface area contributed by atoms with Gasteiger partial charge in [-0.05, 0) is 33.9 Å². The maximum absolute atomic E-state index is 10.5. The number of carbonyl (C=O) groups is 1. The van der Waals surface area contributed by atoms with Gasteiger partial charge in [-0.25, -0.2) is 4.79 Å². The average molecular weight is 238 g/mol. The zero-order valence-electron chi connectivity index (χ0n) is 9.56. The lowest BCUT2D eigenvalue weighted by Gasteiger charge is -2.18. The molecule has 4 nitrogen and oxygen atoms in total. The van der Waals surface area contributed by atoms with Crippen molar-refractivity contribution >= 4 is 18.4 Å². The highest BCUT2D eigenvalue weighted by atomic mass is 35.5. The molecule has 0 amide bonds. The average Bonchev–Trinajstić information content (AvgIpc) is 2.16. The summed E-state index contributed by atoms with van der Waals surface area (Å²) < 4.78 is 0. The molecule has 0 aliphatic heterocycles. The lowest BCUT2D eigenvalue weighted by atomic mass is 10.2. The van der Waals surface area contributed by atoms with Crippen LogP contribution in [0.25, 0.3) is 0 Å². The fraction of sp³-hybridized carbons (Fsp3) is 0.700. The van der Waals surface area contributed by atoms with Crippen LogP contribution in [-0.4, -0.2) is 37.6 Å². The van der Waals surface area contributed by atoms with Gasteiger partial charge in [0.05, 0.1) is 6.61 Å². The highest BCUT2D eigenvalue weighted by Gasteiger charge is 2.04. The van der Waals surface area contributed by atoms with E-state index >= 15 is 0 Å². The van der Waals surface area contributed by atoms with E-state index in [1.54, 1.807) is 0 Å². The predicted octanol–water partition coefficient (Wildman–Crippen LogP) is 1.80. The van der Waals surface area contributed by atoms with Crippen molar-refractivity contribution in [1.82, 2.24) is 4.90 Å². The molecule has 0 bridgehead atoms. The second-order valence-electron chi connectivity index (χ2n) is 3.38. The van der Waals surface area contributed by atoms with Crippen LogP contribution in [0.5, 0.6) is 0 Å². The summed E-state index contributed by atoms with van der Waals surface area (Å²) in [6.07, 6.45) is 2.95. The Morgan fingerprint density at radius 3 is 2.60 bits per heavy atom. The van der Waals surface area contributed by atoms with Gasteiger partial charge in [0.2, 0.25) is 0 Å². The molecule has 0 heterocycles. The molecule has 0 saturated heterocycles. The van der Waals surface area contributed by atoms with Crippen LogP contribution >= 0.6 is 12.4 Å². The minimum atomic E-state index is -0.550. The van der Waals surface area contributed by atoms with Gasteiger partial charge >= 0.3 is 5.97 Å². The molecule has 0 aromatic carbocycles. The number of halogens is 1. The van der Waals surface area contributed by atoms with Gasteiger partial charge in [0.1, 0.15) is 0 Å². The van der Waals surface area contributed by atoms with E-state index in [-0.39, 0.29) is 12.4 Å². The van der Waals surface area contributed by atoms with E-state index in [2.05, 4.69) is 28.2 Å². The van der Waals surface area contributed by atoms with E-state index < -0.39 is 5.97 Å². The zero-order chi connectivity index (χ0) is 11.0. The van der Waals surface area contributed by atoms with E-state index in [1.165, 1.54) is 0 Å². The summed E-state index contributed by atoms with van der Waals surface area (Å²) in [5.41, 5.74) is 0. The van der Waals surface area contributed by atoms with Crippen molar-refractivity contribution in [2.24, 2.45) is 0 Å². The van der Waals surface area contributed by atoms with Crippen LogP contribution in [0.2, 0.25) is 0 Å². The van der Waals surface area contributed by atoms with Crippen LogP contribution in [-0.2, 0) is 14.6 Å². The standard InChI is InChI=1S/C10H19NO3.ClH/c1-5-10(12)14-13-8-6-7-9(2)11(3)4;/h5,9H,1,6-8H2,2-4H3;1H. The molecule has 90 valence electrons. The molecule has 0 aliphatic rings. The number of carbonyl (C=O) groups excluding carboxylic acids is 1. The maximum atomic E-state index is 10.5. The van der Waals surface area contributed by atoms with Crippen molar-refractivity contribution in [1.29, 1.82) is 0 Å². The zero-order valence-corrected chi connectivity index (χ0v) is 10.4. The molecule has 0 spiro atoms. The second-order valence-corrected chi connectivity index (χ2v) is 3.38. The second kappa shape index (κ2) is 9.96. The molecule has 0 aliphatic carbocycles. The van der Waals surface area contributed by atoms with Crippen molar-refractivity contribution in [2.45, 2.75) is 25.8 Å². The Kier molecular flexibility index (Phi) is 11.2. The summed E-state index contributed by atoms with van der Waals surface area (Å²) in [5.74, 6) is -0.550. The number of rotatable bonds is 7. The fourth-order valence-electron chi connectivity index (χ4n) is 0.830. The van der Waals surface area contributed by atoms with Crippen molar-refractivity contribution < 1.29 is 14.6 Å². The van der Waals surface area contributed by atoms with Gasteiger partial charge < -0.3 is 4.90 Å². The van der Waals surface area contributed by atoms with Crippen LogP contribution < -0.4 is 0 Å². The van der Waals surface area contributed by atoms with Crippen molar-refractivity contribution in [3.63, 3.8) is 0 Å². The van der Waals surface area contributed by atoms with Gasteiger partial charge in [-0.1, -0.05) is 6.58 Å². The Morgan fingerprint density at radius 1 is 1.53 bits per heavy atom. The quantitative estimate of drug-likeness (QED) is 0.293. The third-order valence-electron chi connectivity index (χ3n) is 2.04. The summed E-state index contributed by atoms with van der Waals surface area (Å²) in [5, 5.41) is 0. The van der Waals surface area contributed by atoms with Gasteiger partial charge in [-0.3, -0.25) is 4.89 Å². The molecule has 1 atom stereocenters. The molecule has 5 heteroatoms. The minimum Gasteiger partial charge on any atom is -0.307 e. The molecule has 0 aromatic rings. The smallest absolute Gasteiger partial charge is 0.307 e. The molecule has 0 N–H and O–H groups in total. The molecule has 15 heavy (non-hydrogen) atoms. The van der Waals surface area contributed by atoms with Gasteiger partial charge in [0, 0.05) is 12.1 Å². The summed E-state index contributed by atoms with van der Waals surface area (Å²) >= 11 is 0. The topological polar surface area (TPSA) is 38.8 Å². The van der Waals surface area contributed by atoms with Gasteiger partial charge in [-0.2, -0.15) is 4.89 Å². The van der Waals surface area contributed by atoms with Crippen molar-refractivity contribution in [3.8, 4) is 0 Å². The molecule has 0 aromatic heterocycles. The fourth-order valence-corrected chi connectivity index (χ4v) is 0.830. The van der Waals surface area contributed by atoms with Gasteiger partial charge in [-0.15, -0.1) is 12.4 Å². The highest BCUT2D eigenvalue weighted by molar-refractivity contribution is 5.85. The van der Waals surface area contributed by atoms with Gasteiger partial charge in [0.25, 0.3) is 0 Å².